The van der Waals surface area contributed by atoms with Crippen LogP contribution in [0.5, 0.6) is 0 Å². The molecule has 0 heterocycles. The Morgan fingerprint density at radius 2 is 1.65 bits per heavy atom. The van der Waals surface area contributed by atoms with Crippen molar-refractivity contribution >= 4 is 16.9 Å². The summed E-state index contributed by atoms with van der Waals surface area (Å²) in [5, 5.41) is 0.228. The molecule has 3 heteroatoms. The summed E-state index contributed by atoms with van der Waals surface area (Å²) in [5.74, 6) is 0.954. The minimum absolute atomic E-state index is 0.228. The highest BCUT2D eigenvalue weighted by atomic mass is 32.2. The molecule has 0 fully saturated rings. The number of hydrogen-bond acceptors (Lipinski definition) is 3. The molecule has 112 valence electrons. The fraction of sp³-hybridized carbons (Fsp3) is 0.588. The van der Waals surface area contributed by atoms with Crippen LogP contribution in [-0.2, 0) is 17.8 Å². The van der Waals surface area contributed by atoms with E-state index in [0.717, 1.165) is 44.6 Å². The third kappa shape index (κ3) is 7.11. The molecule has 0 saturated carbocycles. The Morgan fingerprint density at radius 3 is 2.20 bits per heavy atom. The average molecular weight is 293 g/mol. The Hall–Kier alpha value is -0.800. The van der Waals surface area contributed by atoms with Crippen molar-refractivity contribution < 1.29 is 4.79 Å². The molecule has 0 N–H and O–H groups in total. The third-order valence-corrected chi connectivity index (χ3v) is 4.39. The monoisotopic (exact) mass is 293 g/mol. The van der Waals surface area contributed by atoms with Crippen LogP contribution in [0.3, 0.4) is 0 Å². The first-order chi connectivity index (χ1) is 9.65. The highest BCUT2D eigenvalue weighted by molar-refractivity contribution is 8.13. The fourth-order valence-electron chi connectivity index (χ4n) is 2.16. The molecule has 0 unspecified atom stereocenters. The van der Waals surface area contributed by atoms with Crippen molar-refractivity contribution in [1.29, 1.82) is 0 Å². The molecule has 1 aromatic carbocycles. The predicted octanol–water partition coefficient (Wildman–Crippen LogP) is 4.13. The van der Waals surface area contributed by atoms with E-state index < -0.39 is 0 Å². The van der Waals surface area contributed by atoms with E-state index in [0.29, 0.717) is 0 Å². The van der Waals surface area contributed by atoms with Gasteiger partial charge in [0.15, 0.2) is 5.12 Å². The maximum Gasteiger partial charge on any atom is 0.185 e. The fourth-order valence-corrected chi connectivity index (χ4v) is 2.80. The lowest BCUT2D eigenvalue weighted by molar-refractivity contribution is -0.109. The normalized spacial score (nSPS) is 11.0. The largest absolute Gasteiger partial charge is 0.300 e. The molecule has 0 spiro atoms. The number of rotatable bonds is 9. The summed E-state index contributed by atoms with van der Waals surface area (Å²) in [6.45, 7) is 9.30. The number of unbranched alkanes of at least 4 members (excludes halogenated alkanes) is 1. The average Bonchev–Trinajstić information content (AvgIpc) is 2.45. The molecule has 2 nitrogen and oxygen atoms in total. The summed E-state index contributed by atoms with van der Waals surface area (Å²) in [4.78, 5) is 13.2. The number of nitrogens with zero attached hydrogens (tertiary/aromatic N) is 1. The molecule has 0 aliphatic rings. The molecule has 0 aliphatic heterocycles. The summed E-state index contributed by atoms with van der Waals surface area (Å²) in [7, 11) is 0. The maximum absolute atomic E-state index is 10.8. The third-order valence-electron chi connectivity index (χ3n) is 3.49. The van der Waals surface area contributed by atoms with Gasteiger partial charge in [-0.25, -0.2) is 0 Å². The lowest BCUT2D eigenvalue weighted by Gasteiger charge is -2.18. The quantitative estimate of drug-likeness (QED) is 0.638. The van der Waals surface area contributed by atoms with E-state index in [-0.39, 0.29) is 5.12 Å². The first-order valence-electron chi connectivity index (χ1n) is 7.59. The van der Waals surface area contributed by atoms with Crippen molar-refractivity contribution in [2.45, 2.75) is 46.6 Å². The van der Waals surface area contributed by atoms with Gasteiger partial charge >= 0.3 is 0 Å². The molecule has 0 saturated heterocycles. The molecule has 0 radical (unpaired) electrons. The Labute approximate surface area is 127 Å². The van der Waals surface area contributed by atoms with E-state index in [1.165, 1.54) is 22.9 Å². The lowest BCUT2D eigenvalue weighted by atomic mass is 10.1. The zero-order chi connectivity index (χ0) is 14.8. The van der Waals surface area contributed by atoms with Crippen LogP contribution in [0.1, 0.15) is 44.7 Å². The smallest absolute Gasteiger partial charge is 0.185 e. The van der Waals surface area contributed by atoms with E-state index in [1.54, 1.807) is 6.92 Å². The van der Waals surface area contributed by atoms with Crippen molar-refractivity contribution in [3.63, 3.8) is 0 Å². The molecule has 1 rings (SSSR count). The molecular formula is C17H27NOS. The van der Waals surface area contributed by atoms with Crippen molar-refractivity contribution in [3.05, 3.63) is 35.4 Å². The van der Waals surface area contributed by atoms with Crippen LogP contribution in [0.25, 0.3) is 0 Å². The second-order valence-corrected chi connectivity index (χ2v) is 6.35. The van der Waals surface area contributed by atoms with Crippen molar-refractivity contribution in [2.75, 3.05) is 18.8 Å². The summed E-state index contributed by atoms with van der Waals surface area (Å²) in [5.41, 5.74) is 2.80. The summed E-state index contributed by atoms with van der Waals surface area (Å²) in [6.07, 6.45) is 3.39. The van der Waals surface area contributed by atoms with Crippen molar-refractivity contribution in [2.24, 2.45) is 0 Å². The van der Waals surface area contributed by atoms with Gasteiger partial charge in [0.05, 0.1) is 0 Å². The molecule has 0 aromatic heterocycles. The topological polar surface area (TPSA) is 20.3 Å². The van der Waals surface area contributed by atoms with E-state index in [1.807, 2.05) is 0 Å². The number of benzene rings is 1. The number of carbonyl (C=O) groups excluding carboxylic acids is 1. The molecule has 0 atom stereocenters. The Bertz CT molecular complexity index is 384. The zero-order valence-electron chi connectivity index (χ0n) is 13.0. The molecule has 0 amide bonds. The van der Waals surface area contributed by atoms with Crippen molar-refractivity contribution in [1.82, 2.24) is 4.90 Å². The molecule has 1 aromatic rings. The van der Waals surface area contributed by atoms with Gasteiger partial charge in [0, 0.05) is 19.2 Å². The SMILES string of the molecule is CCN(CC)Cc1ccc(CCCCSC(C)=O)cc1. The molecule has 0 bridgehead atoms. The van der Waals surface area contributed by atoms with Gasteiger partial charge in [-0.15, -0.1) is 0 Å². The van der Waals surface area contributed by atoms with Gasteiger partial charge in [0.1, 0.15) is 0 Å². The second kappa shape index (κ2) is 10.0. The molecular weight excluding hydrogens is 266 g/mol. The second-order valence-electron chi connectivity index (χ2n) is 5.08. The summed E-state index contributed by atoms with van der Waals surface area (Å²) in [6, 6.07) is 8.99. The van der Waals surface area contributed by atoms with Crippen LogP contribution in [0.2, 0.25) is 0 Å². The number of carbonyl (C=O) groups is 1. The minimum atomic E-state index is 0.228. The highest BCUT2D eigenvalue weighted by Crippen LogP contribution is 2.12. The van der Waals surface area contributed by atoms with Gasteiger partial charge in [-0.2, -0.15) is 0 Å². The first-order valence-corrected chi connectivity index (χ1v) is 8.57. The highest BCUT2D eigenvalue weighted by Gasteiger charge is 2.01. The van der Waals surface area contributed by atoms with E-state index in [9.17, 15) is 4.79 Å². The van der Waals surface area contributed by atoms with Gasteiger partial charge < -0.3 is 0 Å². The van der Waals surface area contributed by atoms with E-state index >= 15 is 0 Å². The predicted molar refractivity (Wildman–Crippen MR) is 89.1 cm³/mol. The lowest BCUT2D eigenvalue weighted by Crippen LogP contribution is -2.21. The van der Waals surface area contributed by atoms with Gasteiger partial charge in [0.2, 0.25) is 0 Å². The minimum Gasteiger partial charge on any atom is -0.300 e. The van der Waals surface area contributed by atoms with E-state index in [4.69, 9.17) is 0 Å². The first kappa shape index (κ1) is 17.3. The molecule has 20 heavy (non-hydrogen) atoms. The Balaban J connectivity index is 2.29. The number of aryl methyl sites for hydroxylation is 1. The van der Waals surface area contributed by atoms with Crippen LogP contribution >= 0.6 is 11.8 Å². The number of hydrogen-bond donors (Lipinski definition) is 0. The van der Waals surface area contributed by atoms with Crippen LogP contribution < -0.4 is 0 Å². The van der Waals surface area contributed by atoms with Crippen LogP contribution in [0.15, 0.2) is 24.3 Å². The number of thioether (sulfide) groups is 1. The summed E-state index contributed by atoms with van der Waals surface area (Å²) >= 11 is 1.44. The van der Waals surface area contributed by atoms with Crippen LogP contribution in [0.4, 0.5) is 0 Å². The van der Waals surface area contributed by atoms with Gasteiger partial charge in [0.25, 0.3) is 0 Å². The van der Waals surface area contributed by atoms with Gasteiger partial charge in [-0.3, -0.25) is 9.69 Å². The summed E-state index contributed by atoms with van der Waals surface area (Å²) < 4.78 is 0. The van der Waals surface area contributed by atoms with Crippen LogP contribution in [-0.4, -0.2) is 28.9 Å². The standard InChI is InChI=1S/C17H27NOS/c1-4-18(5-2)14-17-11-9-16(10-12-17)8-6-7-13-20-15(3)19/h9-12H,4-8,13-14H2,1-3H3. The van der Waals surface area contributed by atoms with Gasteiger partial charge in [-0.05, 0) is 43.5 Å². The van der Waals surface area contributed by atoms with Gasteiger partial charge in [-0.1, -0.05) is 49.9 Å². The van der Waals surface area contributed by atoms with Crippen LogP contribution in [0, 0.1) is 0 Å². The zero-order valence-corrected chi connectivity index (χ0v) is 13.8. The van der Waals surface area contributed by atoms with E-state index in [2.05, 4.69) is 43.0 Å². The maximum atomic E-state index is 10.8. The molecule has 0 aliphatic carbocycles. The van der Waals surface area contributed by atoms with Crippen molar-refractivity contribution in [3.8, 4) is 0 Å². The Morgan fingerprint density at radius 1 is 1.05 bits per heavy atom. The Kier molecular flexibility index (Phi) is 8.63.